The van der Waals surface area contributed by atoms with E-state index in [1.807, 2.05) is 6.07 Å². The molecule has 1 aromatic rings. The molecular weight excluding hydrogens is 220 g/mol. The average molecular weight is 239 g/mol. The number of nitrogens with one attached hydrogen (secondary N) is 1. The highest BCUT2D eigenvalue weighted by atomic mass is 35.5. The summed E-state index contributed by atoms with van der Waals surface area (Å²) in [7, 11) is 0. The van der Waals surface area contributed by atoms with Crippen molar-refractivity contribution in [2.75, 3.05) is 19.6 Å². The van der Waals surface area contributed by atoms with E-state index < -0.39 is 0 Å². The average Bonchev–Trinajstić information content (AvgIpc) is 2.24. The van der Waals surface area contributed by atoms with E-state index in [0.717, 1.165) is 31.2 Å². The monoisotopic (exact) mass is 238 g/mol. The molecule has 2 rings (SSSR count). The van der Waals surface area contributed by atoms with Crippen molar-refractivity contribution in [1.82, 2.24) is 10.2 Å². The minimum atomic E-state index is 0.599. The fraction of sp³-hybridized carbons (Fsp3) is 0.538. The normalized spacial score (nSPS) is 22.3. The number of aryl methyl sites for hydroxylation is 1. The Labute approximate surface area is 103 Å². The number of benzene rings is 1. The molecule has 1 N–H and O–H groups in total. The van der Waals surface area contributed by atoms with Crippen LogP contribution in [0.2, 0.25) is 5.02 Å². The van der Waals surface area contributed by atoms with Gasteiger partial charge in [-0.15, -0.1) is 0 Å². The number of piperazine rings is 1. The number of hydrogen-bond donors (Lipinski definition) is 1. The van der Waals surface area contributed by atoms with Gasteiger partial charge in [-0.05, 0) is 31.0 Å². The van der Waals surface area contributed by atoms with Crippen molar-refractivity contribution in [3.8, 4) is 0 Å². The van der Waals surface area contributed by atoms with Crippen LogP contribution in [0, 0.1) is 6.92 Å². The minimum Gasteiger partial charge on any atom is -0.312 e. The van der Waals surface area contributed by atoms with Crippen molar-refractivity contribution in [2.45, 2.75) is 26.4 Å². The molecule has 0 spiro atoms. The summed E-state index contributed by atoms with van der Waals surface area (Å²) in [6.45, 7) is 8.68. The van der Waals surface area contributed by atoms with Crippen molar-refractivity contribution in [3.05, 3.63) is 34.3 Å². The molecule has 1 unspecified atom stereocenters. The van der Waals surface area contributed by atoms with Crippen LogP contribution in [0.3, 0.4) is 0 Å². The number of hydrogen-bond acceptors (Lipinski definition) is 2. The zero-order chi connectivity index (χ0) is 11.5. The Morgan fingerprint density at radius 1 is 1.50 bits per heavy atom. The first kappa shape index (κ1) is 11.9. The van der Waals surface area contributed by atoms with Gasteiger partial charge in [0.15, 0.2) is 0 Å². The lowest BCUT2D eigenvalue weighted by atomic mass is 10.1. The lowest BCUT2D eigenvalue weighted by Crippen LogP contribution is -2.48. The Morgan fingerprint density at radius 2 is 2.31 bits per heavy atom. The predicted molar refractivity (Wildman–Crippen MR) is 68.9 cm³/mol. The Bertz CT molecular complexity index is 365. The topological polar surface area (TPSA) is 15.3 Å². The molecule has 0 bridgehead atoms. The van der Waals surface area contributed by atoms with E-state index in [4.69, 9.17) is 11.6 Å². The van der Waals surface area contributed by atoms with Crippen molar-refractivity contribution in [1.29, 1.82) is 0 Å². The highest BCUT2D eigenvalue weighted by Crippen LogP contribution is 2.17. The molecule has 1 aliphatic heterocycles. The summed E-state index contributed by atoms with van der Waals surface area (Å²) in [6, 6.07) is 6.91. The second-order valence-electron chi connectivity index (χ2n) is 4.67. The molecule has 2 nitrogen and oxygen atoms in total. The van der Waals surface area contributed by atoms with Gasteiger partial charge in [0.05, 0.1) is 0 Å². The van der Waals surface area contributed by atoms with Gasteiger partial charge in [-0.1, -0.05) is 23.7 Å². The Hall–Kier alpha value is -0.570. The first-order valence-corrected chi connectivity index (χ1v) is 6.24. The fourth-order valence-corrected chi connectivity index (χ4v) is 2.34. The van der Waals surface area contributed by atoms with Crippen LogP contribution in [0.4, 0.5) is 0 Å². The second-order valence-corrected chi connectivity index (χ2v) is 5.08. The van der Waals surface area contributed by atoms with Crippen molar-refractivity contribution >= 4 is 11.6 Å². The lowest BCUT2D eigenvalue weighted by molar-refractivity contribution is 0.199. The van der Waals surface area contributed by atoms with E-state index >= 15 is 0 Å². The Balaban J connectivity index is 2.00. The minimum absolute atomic E-state index is 0.599. The summed E-state index contributed by atoms with van der Waals surface area (Å²) in [5.41, 5.74) is 2.53. The van der Waals surface area contributed by atoms with Crippen LogP contribution in [-0.2, 0) is 6.54 Å². The molecule has 0 aliphatic carbocycles. The molecule has 1 fully saturated rings. The Morgan fingerprint density at radius 3 is 3.00 bits per heavy atom. The van der Waals surface area contributed by atoms with Gasteiger partial charge in [-0.25, -0.2) is 0 Å². The maximum absolute atomic E-state index is 6.02. The van der Waals surface area contributed by atoms with Crippen molar-refractivity contribution < 1.29 is 0 Å². The van der Waals surface area contributed by atoms with E-state index in [0.29, 0.717) is 6.04 Å². The van der Waals surface area contributed by atoms with Gasteiger partial charge in [0.25, 0.3) is 0 Å². The van der Waals surface area contributed by atoms with E-state index in [-0.39, 0.29) is 0 Å². The largest absolute Gasteiger partial charge is 0.312 e. The summed E-state index contributed by atoms with van der Waals surface area (Å²) < 4.78 is 0. The maximum atomic E-state index is 6.02. The van der Waals surface area contributed by atoms with Crippen LogP contribution in [0.5, 0.6) is 0 Å². The van der Waals surface area contributed by atoms with Crippen LogP contribution in [-0.4, -0.2) is 30.6 Å². The molecular formula is C13H19ClN2. The van der Waals surface area contributed by atoms with Gasteiger partial charge in [0.1, 0.15) is 0 Å². The van der Waals surface area contributed by atoms with E-state index in [2.05, 4.69) is 36.2 Å². The van der Waals surface area contributed by atoms with E-state index in [1.165, 1.54) is 11.1 Å². The standard InChI is InChI=1S/C13H19ClN2/c1-10-7-12(3-4-13(10)14)9-16-6-5-15-11(2)8-16/h3-4,7,11,15H,5-6,8-9H2,1-2H3. The lowest BCUT2D eigenvalue weighted by Gasteiger charge is -2.31. The third kappa shape index (κ3) is 2.97. The summed E-state index contributed by atoms with van der Waals surface area (Å²) >= 11 is 6.02. The van der Waals surface area contributed by atoms with Crippen LogP contribution in [0.1, 0.15) is 18.1 Å². The molecule has 16 heavy (non-hydrogen) atoms. The van der Waals surface area contributed by atoms with E-state index in [9.17, 15) is 0 Å². The molecule has 0 saturated carbocycles. The van der Waals surface area contributed by atoms with Gasteiger partial charge in [-0.3, -0.25) is 4.90 Å². The summed E-state index contributed by atoms with van der Waals surface area (Å²) in [6.07, 6.45) is 0. The summed E-state index contributed by atoms with van der Waals surface area (Å²) in [5.74, 6) is 0. The number of rotatable bonds is 2. The van der Waals surface area contributed by atoms with Crippen LogP contribution >= 0.6 is 11.6 Å². The van der Waals surface area contributed by atoms with Gasteiger partial charge in [0.2, 0.25) is 0 Å². The maximum Gasteiger partial charge on any atom is 0.0435 e. The van der Waals surface area contributed by atoms with Crippen molar-refractivity contribution in [2.24, 2.45) is 0 Å². The van der Waals surface area contributed by atoms with Crippen LogP contribution < -0.4 is 5.32 Å². The molecule has 0 amide bonds. The third-order valence-electron chi connectivity index (χ3n) is 3.08. The van der Waals surface area contributed by atoms with Crippen LogP contribution in [0.25, 0.3) is 0 Å². The zero-order valence-electron chi connectivity index (χ0n) is 9.96. The van der Waals surface area contributed by atoms with Gasteiger partial charge in [-0.2, -0.15) is 0 Å². The molecule has 1 aromatic carbocycles. The van der Waals surface area contributed by atoms with Gasteiger partial charge >= 0.3 is 0 Å². The highest BCUT2D eigenvalue weighted by Gasteiger charge is 2.15. The molecule has 3 heteroatoms. The summed E-state index contributed by atoms with van der Waals surface area (Å²) in [5, 5.41) is 4.31. The molecule has 1 saturated heterocycles. The number of nitrogens with zero attached hydrogens (tertiary/aromatic N) is 1. The first-order chi connectivity index (χ1) is 7.65. The zero-order valence-corrected chi connectivity index (χ0v) is 10.7. The first-order valence-electron chi connectivity index (χ1n) is 5.86. The molecule has 1 heterocycles. The van der Waals surface area contributed by atoms with Crippen molar-refractivity contribution in [3.63, 3.8) is 0 Å². The van der Waals surface area contributed by atoms with E-state index in [1.54, 1.807) is 0 Å². The van der Waals surface area contributed by atoms with Gasteiger partial charge in [0, 0.05) is 37.2 Å². The molecule has 0 radical (unpaired) electrons. The second kappa shape index (κ2) is 5.17. The smallest absolute Gasteiger partial charge is 0.0435 e. The quantitative estimate of drug-likeness (QED) is 0.852. The molecule has 1 atom stereocenters. The highest BCUT2D eigenvalue weighted by molar-refractivity contribution is 6.31. The fourth-order valence-electron chi connectivity index (χ4n) is 2.22. The van der Waals surface area contributed by atoms with Gasteiger partial charge < -0.3 is 5.32 Å². The third-order valence-corrected chi connectivity index (χ3v) is 3.51. The number of halogens is 1. The molecule has 1 aliphatic rings. The molecule has 88 valence electrons. The SMILES string of the molecule is Cc1cc(CN2CCNC(C)C2)ccc1Cl. The predicted octanol–water partition coefficient (Wildman–Crippen LogP) is 2.44. The van der Waals surface area contributed by atoms with Crippen LogP contribution in [0.15, 0.2) is 18.2 Å². The summed E-state index contributed by atoms with van der Waals surface area (Å²) in [4.78, 5) is 2.49. The molecule has 0 aromatic heterocycles. The Kier molecular flexibility index (Phi) is 3.85.